The van der Waals surface area contributed by atoms with Crippen molar-refractivity contribution in [1.82, 2.24) is 15.3 Å². The molecule has 10 heteroatoms. The van der Waals surface area contributed by atoms with E-state index in [4.69, 9.17) is 12.2 Å². The molecule has 3 rings (SSSR count). The van der Waals surface area contributed by atoms with E-state index < -0.39 is 23.8 Å². The fraction of sp³-hybridized carbons (Fsp3) is 0.125. The van der Waals surface area contributed by atoms with E-state index in [0.29, 0.717) is 11.0 Å². The van der Waals surface area contributed by atoms with E-state index in [9.17, 15) is 22.4 Å². The standard InChI is InChI=1S/C16H11F4N3O2S/c17-9-5-10(13-11(6-9)22-15(26)23-13)14(24)21-7-8-3-1-2-4-12(8)25-16(18,19)20/h1-6H,7H2,(H,21,24)(H2,22,23,26). The van der Waals surface area contributed by atoms with E-state index in [-0.39, 0.29) is 22.4 Å². The fourth-order valence-electron chi connectivity index (χ4n) is 2.43. The number of nitrogens with one attached hydrogen (secondary N) is 3. The van der Waals surface area contributed by atoms with Gasteiger partial charge in [-0.1, -0.05) is 18.2 Å². The van der Waals surface area contributed by atoms with Gasteiger partial charge in [-0.3, -0.25) is 4.79 Å². The van der Waals surface area contributed by atoms with Gasteiger partial charge in [0.2, 0.25) is 0 Å². The number of carbonyl (C=O) groups is 1. The third-order valence-corrected chi connectivity index (χ3v) is 3.68. The Hall–Kier alpha value is -2.88. The number of benzene rings is 2. The molecule has 0 spiro atoms. The summed E-state index contributed by atoms with van der Waals surface area (Å²) in [5.74, 6) is -1.76. The highest BCUT2D eigenvalue weighted by molar-refractivity contribution is 7.71. The monoisotopic (exact) mass is 385 g/mol. The number of para-hydroxylation sites is 1. The van der Waals surface area contributed by atoms with E-state index >= 15 is 0 Å². The first-order valence-corrected chi connectivity index (χ1v) is 7.67. The van der Waals surface area contributed by atoms with Gasteiger partial charge in [0.25, 0.3) is 5.91 Å². The Morgan fingerprint density at radius 1 is 1.19 bits per heavy atom. The van der Waals surface area contributed by atoms with Crippen LogP contribution in [0.1, 0.15) is 15.9 Å². The number of hydrogen-bond donors (Lipinski definition) is 3. The molecular formula is C16H11F4N3O2S. The summed E-state index contributed by atoms with van der Waals surface area (Å²) in [4.78, 5) is 17.8. The van der Waals surface area contributed by atoms with Crippen molar-refractivity contribution < 1.29 is 27.1 Å². The van der Waals surface area contributed by atoms with E-state index in [0.717, 1.165) is 12.1 Å². The molecule has 0 unspecified atom stereocenters. The summed E-state index contributed by atoms with van der Waals surface area (Å²) >= 11 is 4.92. The smallest absolute Gasteiger partial charge is 0.405 e. The number of halogens is 4. The van der Waals surface area contributed by atoms with Crippen molar-refractivity contribution in [3.05, 3.63) is 58.1 Å². The van der Waals surface area contributed by atoms with E-state index in [1.807, 2.05) is 0 Å². The summed E-state index contributed by atoms with van der Waals surface area (Å²) in [6.45, 7) is -0.242. The van der Waals surface area contributed by atoms with Crippen LogP contribution in [-0.2, 0) is 6.54 Å². The average Bonchev–Trinajstić information content (AvgIpc) is 2.91. The summed E-state index contributed by atoms with van der Waals surface area (Å²) in [6, 6.07) is 7.59. The van der Waals surface area contributed by atoms with Crippen LogP contribution in [0.3, 0.4) is 0 Å². The Morgan fingerprint density at radius 3 is 2.65 bits per heavy atom. The zero-order valence-electron chi connectivity index (χ0n) is 12.9. The molecule has 0 fully saturated rings. The van der Waals surface area contributed by atoms with Gasteiger partial charge in [-0.05, 0) is 30.4 Å². The van der Waals surface area contributed by atoms with Crippen molar-refractivity contribution in [1.29, 1.82) is 0 Å². The van der Waals surface area contributed by atoms with E-state index in [2.05, 4.69) is 20.0 Å². The van der Waals surface area contributed by atoms with Crippen LogP contribution in [0.25, 0.3) is 11.0 Å². The van der Waals surface area contributed by atoms with E-state index in [1.54, 1.807) is 0 Å². The second kappa shape index (κ2) is 6.79. The van der Waals surface area contributed by atoms with Crippen molar-refractivity contribution in [3.8, 4) is 5.75 Å². The maximum absolute atomic E-state index is 13.7. The maximum Gasteiger partial charge on any atom is 0.573 e. The third kappa shape index (κ3) is 4.02. The molecule has 0 bridgehead atoms. The lowest BCUT2D eigenvalue weighted by atomic mass is 10.1. The van der Waals surface area contributed by atoms with Crippen LogP contribution in [0.5, 0.6) is 5.75 Å². The van der Waals surface area contributed by atoms with Crippen molar-refractivity contribution in [2.75, 3.05) is 0 Å². The van der Waals surface area contributed by atoms with Gasteiger partial charge in [-0.25, -0.2) is 4.39 Å². The summed E-state index contributed by atoms with van der Waals surface area (Å²) in [5.41, 5.74) is 0.698. The second-order valence-electron chi connectivity index (χ2n) is 5.29. The number of alkyl halides is 3. The number of H-pyrrole nitrogens is 2. The highest BCUT2D eigenvalue weighted by Crippen LogP contribution is 2.26. The Bertz CT molecular complexity index is 1030. The van der Waals surface area contributed by atoms with Gasteiger partial charge in [0.15, 0.2) is 4.77 Å². The number of aromatic amines is 2. The normalized spacial score (nSPS) is 11.5. The van der Waals surface area contributed by atoms with Gasteiger partial charge < -0.3 is 20.0 Å². The molecule has 0 aliphatic carbocycles. The Kier molecular flexibility index (Phi) is 4.68. The van der Waals surface area contributed by atoms with Crippen LogP contribution >= 0.6 is 12.2 Å². The first-order valence-electron chi connectivity index (χ1n) is 7.26. The zero-order valence-corrected chi connectivity index (χ0v) is 13.7. The van der Waals surface area contributed by atoms with Gasteiger partial charge in [-0.15, -0.1) is 13.2 Å². The van der Waals surface area contributed by atoms with Crippen LogP contribution in [0, 0.1) is 10.6 Å². The highest BCUT2D eigenvalue weighted by atomic mass is 32.1. The predicted octanol–water partition coefficient (Wildman–Crippen LogP) is 4.19. The van der Waals surface area contributed by atoms with Gasteiger partial charge in [0, 0.05) is 12.1 Å². The molecule has 0 aliphatic rings. The number of carbonyl (C=O) groups excluding carboxylic acids is 1. The minimum Gasteiger partial charge on any atom is -0.405 e. The van der Waals surface area contributed by atoms with Crippen LogP contribution in [0.2, 0.25) is 0 Å². The Balaban J connectivity index is 1.83. The van der Waals surface area contributed by atoms with Crippen LogP contribution in [0.4, 0.5) is 17.6 Å². The Labute approximate surface area is 149 Å². The first-order chi connectivity index (χ1) is 12.2. The van der Waals surface area contributed by atoms with Crippen LogP contribution in [-0.4, -0.2) is 22.2 Å². The molecule has 3 N–H and O–H groups in total. The van der Waals surface area contributed by atoms with Crippen molar-refractivity contribution >= 4 is 29.2 Å². The summed E-state index contributed by atoms with van der Waals surface area (Å²) < 4.78 is 55.1. The van der Waals surface area contributed by atoms with Gasteiger partial charge in [0.05, 0.1) is 16.6 Å². The molecule has 0 saturated carbocycles. The molecule has 3 aromatic rings. The van der Waals surface area contributed by atoms with Gasteiger partial charge in [-0.2, -0.15) is 0 Å². The molecular weight excluding hydrogens is 374 g/mol. The first kappa shape index (κ1) is 17.9. The quantitative estimate of drug-likeness (QED) is 0.466. The van der Waals surface area contributed by atoms with Crippen molar-refractivity contribution in [2.24, 2.45) is 0 Å². The molecule has 1 aromatic heterocycles. The summed E-state index contributed by atoms with van der Waals surface area (Å²) in [6.07, 6.45) is -4.85. The molecule has 0 aliphatic heterocycles. The predicted molar refractivity (Wildman–Crippen MR) is 87.7 cm³/mol. The van der Waals surface area contributed by atoms with Gasteiger partial charge in [0.1, 0.15) is 11.6 Å². The van der Waals surface area contributed by atoms with Crippen LogP contribution in [0.15, 0.2) is 36.4 Å². The van der Waals surface area contributed by atoms with Crippen LogP contribution < -0.4 is 10.1 Å². The average molecular weight is 385 g/mol. The lowest BCUT2D eigenvalue weighted by molar-refractivity contribution is -0.274. The highest BCUT2D eigenvalue weighted by Gasteiger charge is 2.32. The lowest BCUT2D eigenvalue weighted by Gasteiger charge is -2.13. The number of hydrogen-bond acceptors (Lipinski definition) is 3. The van der Waals surface area contributed by atoms with Crippen molar-refractivity contribution in [3.63, 3.8) is 0 Å². The molecule has 0 atom stereocenters. The number of fused-ring (bicyclic) bond motifs is 1. The summed E-state index contributed by atoms with van der Waals surface area (Å²) in [5, 5.41) is 2.45. The zero-order chi connectivity index (χ0) is 18.9. The molecule has 0 radical (unpaired) electrons. The third-order valence-electron chi connectivity index (χ3n) is 3.47. The largest absolute Gasteiger partial charge is 0.573 e. The number of amides is 1. The SMILES string of the molecule is O=C(NCc1ccccc1OC(F)(F)F)c1cc(F)cc2[nH]c(=S)[nH]c12. The van der Waals surface area contributed by atoms with Crippen molar-refractivity contribution in [2.45, 2.75) is 12.9 Å². The van der Waals surface area contributed by atoms with Gasteiger partial charge >= 0.3 is 6.36 Å². The van der Waals surface area contributed by atoms with E-state index in [1.165, 1.54) is 24.3 Å². The molecule has 1 amide bonds. The lowest BCUT2D eigenvalue weighted by Crippen LogP contribution is -2.24. The molecule has 1 heterocycles. The Morgan fingerprint density at radius 2 is 1.92 bits per heavy atom. The number of aromatic nitrogens is 2. The molecule has 0 saturated heterocycles. The molecule has 2 aromatic carbocycles. The number of rotatable bonds is 4. The second-order valence-corrected chi connectivity index (χ2v) is 5.70. The summed E-state index contributed by atoms with van der Waals surface area (Å²) in [7, 11) is 0. The maximum atomic E-state index is 13.7. The minimum atomic E-state index is -4.85. The number of imidazole rings is 1. The minimum absolute atomic E-state index is 0.0263. The number of ether oxygens (including phenoxy) is 1. The molecule has 26 heavy (non-hydrogen) atoms. The fourth-order valence-corrected chi connectivity index (χ4v) is 2.64. The topological polar surface area (TPSA) is 69.9 Å². The molecule has 5 nitrogen and oxygen atoms in total. The molecule has 136 valence electrons.